The predicted molar refractivity (Wildman–Crippen MR) is 109 cm³/mol. The van der Waals surface area contributed by atoms with E-state index >= 15 is 0 Å². The van der Waals surface area contributed by atoms with Crippen LogP contribution in [0.5, 0.6) is 0 Å². The van der Waals surface area contributed by atoms with Gasteiger partial charge in [-0.2, -0.15) is 0 Å². The van der Waals surface area contributed by atoms with E-state index in [1.807, 2.05) is 13.8 Å². The maximum atomic E-state index is 12.6. The molecule has 1 amide bonds. The average molecular weight is 402 g/mol. The second kappa shape index (κ2) is 8.27. The fraction of sp³-hybridized carbons (Fsp3) is 0.429. The number of halogens is 1. The van der Waals surface area contributed by atoms with Gasteiger partial charge in [-0.05, 0) is 43.9 Å². The summed E-state index contributed by atoms with van der Waals surface area (Å²) in [5.41, 5.74) is 1.30. The van der Waals surface area contributed by atoms with Gasteiger partial charge >= 0.3 is 0 Å². The van der Waals surface area contributed by atoms with Crippen molar-refractivity contribution >= 4 is 29.0 Å². The van der Waals surface area contributed by atoms with Crippen molar-refractivity contribution in [1.82, 2.24) is 9.55 Å². The van der Waals surface area contributed by atoms with Gasteiger partial charge in [0.2, 0.25) is 5.91 Å². The molecule has 1 aliphatic carbocycles. The van der Waals surface area contributed by atoms with Gasteiger partial charge in [0.15, 0.2) is 5.78 Å². The minimum absolute atomic E-state index is 0.00127. The molecule has 7 heteroatoms. The number of hydrogen-bond acceptors (Lipinski definition) is 4. The molecule has 0 spiro atoms. The van der Waals surface area contributed by atoms with E-state index < -0.39 is 0 Å². The Morgan fingerprint density at radius 1 is 1.29 bits per heavy atom. The molecule has 1 heterocycles. The van der Waals surface area contributed by atoms with E-state index in [0.717, 1.165) is 12.8 Å². The molecule has 0 saturated heterocycles. The lowest BCUT2D eigenvalue weighted by atomic mass is 10.1. The Balaban J connectivity index is 1.93. The molecule has 0 unspecified atom stereocenters. The molecule has 1 aromatic carbocycles. The first-order chi connectivity index (χ1) is 13.2. The van der Waals surface area contributed by atoms with Crippen molar-refractivity contribution < 1.29 is 9.59 Å². The number of carbonyl (C=O) groups excluding carboxylic acids is 2. The standard InChI is InChI=1S/C21H24ClN3O3/c1-12(2)8-16(26)11-25-13(3)23-19(10-20(25)27)17-7-6-15(22)9-18(17)24-21(28)14-4-5-14/h6-7,9-10,12,14H,4-5,8,11H2,1-3H3,(H,24,28). The summed E-state index contributed by atoms with van der Waals surface area (Å²) < 4.78 is 1.38. The van der Waals surface area contributed by atoms with Crippen molar-refractivity contribution in [3.63, 3.8) is 0 Å². The Hall–Kier alpha value is -2.47. The molecule has 1 aromatic heterocycles. The first-order valence-corrected chi connectivity index (χ1v) is 9.83. The molecule has 6 nitrogen and oxygen atoms in total. The van der Waals surface area contributed by atoms with Crippen LogP contribution in [0.25, 0.3) is 11.3 Å². The molecule has 1 fully saturated rings. The number of aromatic nitrogens is 2. The third-order valence-corrected chi connectivity index (χ3v) is 4.87. The Morgan fingerprint density at radius 3 is 2.61 bits per heavy atom. The van der Waals surface area contributed by atoms with Gasteiger partial charge < -0.3 is 5.32 Å². The van der Waals surface area contributed by atoms with E-state index in [4.69, 9.17) is 11.6 Å². The summed E-state index contributed by atoms with van der Waals surface area (Å²) >= 11 is 6.09. The van der Waals surface area contributed by atoms with Gasteiger partial charge in [0.1, 0.15) is 5.82 Å². The average Bonchev–Trinajstić information content (AvgIpc) is 3.42. The Kier molecular flexibility index (Phi) is 5.98. The summed E-state index contributed by atoms with van der Waals surface area (Å²) in [7, 11) is 0. The van der Waals surface area contributed by atoms with Crippen LogP contribution in [-0.2, 0) is 16.1 Å². The third kappa shape index (κ3) is 4.87. The van der Waals surface area contributed by atoms with Crippen LogP contribution in [0.15, 0.2) is 29.1 Å². The Bertz CT molecular complexity index is 977. The number of nitrogens with one attached hydrogen (secondary N) is 1. The molecular formula is C21H24ClN3O3. The van der Waals surface area contributed by atoms with Crippen LogP contribution in [0.1, 0.15) is 38.9 Å². The topological polar surface area (TPSA) is 81.1 Å². The number of aryl methyl sites for hydroxylation is 1. The third-order valence-electron chi connectivity index (χ3n) is 4.63. The zero-order chi connectivity index (χ0) is 20.4. The second-order valence-corrected chi connectivity index (χ2v) is 8.14. The maximum absolute atomic E-state index is 12.6. The number of anilines is 1. The monoisotopic (exact) mass is 401 g/mol. The van der Waals surface area contributed by atoms with Gasteiger partial charge in [-0.15, -0.1) is 0 Å². The van der Waals surface area contributed by atoms with Gasteiger partial charge in [0, 0.05) is 29.0 Å². The molecule has 2 aromatic rings. The van der Waals surface area contributed by atoms with Gasteiger partial charge in [-0.3, -0.25) is 19.0 Å². The summed E-state index contributed by atoms with van der Waals surface area (Å²) in [6.45, 7) is 5.65. The van der Waals surface area contributed by atoms with Crippen molar-refractivity contribution in [3.05, 3.63) is 45.5 Å². The predicted octanol–water partition coefficient (Wildman–Crippen LogP) is 3.84. The lowest BCUT2D eigenvalue weighted by Gasteiger charge is -2.14. The number of benzene rings is 1. The molecule has 0 aliphatic heterocycles. The Labute approximate surface area is 168 Å². The molecule has 1 aliphatic rings. The van der Waals surface area contributed by atoms with Crippen LogP contribution in [0, 0.1) is 18.8 Å². The van der Waals surface area contributed by atoms with Crippen LogP contribution in [-0.4, -0.2) is 21.2 Å². The normalized spacial score (nSPS) is 13.6. The van der Waals surface area contributed by atoms with Crippen LogP contribution < -0.4 is 10.9 Å². The number of carbonyl (C=O) groups is 2. The highest BCUT2D eigenvalue weighted by molar-refractivity contribution is 6.31. The molecule has 148 valence electrons. The molecule has 1 saturated carbocycles. The molecule has 0 radical (unpaired) electrons. The quantitative estimate of drug-likeness (QED) is 0.764. The summed E-state index contributed by atoms with van der Waals surface area (Å²) in [4.78, 5) is 41.4. The number of rotatable bonds is 7. The van der Waals surface area contributed by atoms with Crippen molar-refractivity contribution in [2.45, 2.75) is 46.6 Å². The van der Waals surface area contributed by atoms with E-state index in [0.29, 0.717) is 34.2 Å². The zero-order valence-corrected chi connectivity index (χ0v) is 17.0. The number of Topliss-reactive ketones (excluding diaryl/α,β-unsaturated/α-hetero) is 1. The molecule has 0 atom stereocenters. The first-order valence-electron chi connectivity index (χ1n) is 9.45. The van der Waals surface area contributed by atoms with Crippen molar-refractivity contribution in [1.29, 1.82) is 0 Å². The lowest BCUT2D eigenvalue weighted by molar-refractivity contribution is -0.120. The molecular weight excluding hydrogens is 378 g/mol. The largest absolute Gasteiger partial charge is 0.325 e. The van der Waals surface area contributed by atoms with Gasteiger partial charge in [0.25, 0.3) is 5.56 Å². The second-order valence-electron chi connectivity index (χ2n) is 7.70. The molecule has 28 heavy (non-hydrogen) atoms. The van der Waals surface area contributed by atoms with Crippen LogP contribution in [0.2, 0.25) is 5.02 Å². The van der Waals surface area contributed by atoms with Gasteiger partial charge in [0.05, 0.1) is 17.9 Å². The number of ketones is 1. The SMILES string of the molecule is Cc1nc(-c2ccc(Cl)cc2NC(=O)C2CC2)cc(=O)n1CC(=O)CC(C)C. The summed E-state index contributed by atoms with van der Waals surface area (Å²) in [6, 6.07) is 6.48. The Morgan fingerprint density at radius 2 is 2.00 bits per heavy atom. The van der Waals surface area contributed by atoms with Crippen molar-refractivity contribution in [2.75, 3.05) is 5.32 Å². The fourth-order valence-corrected chi connectivity index (χ4v) is 3.24. The minimum Gasteiger partial charge on any atom is -0.325 e. The number of hydrogen-bond donors (Lipinski definition) is 1. The number of nitrogens with zero attached hydrogens (tertiary/aromatic N) is 2. The van der Waals surface area contributed by atoms with Crippen LogP contribution >= 0.6 is 11.6 Å². The highest BCUT2D eigenvalue weighted by Crippen LogP contribution is 2.33. The van der Waals surface area contributed by atoms with E-state index in [-0.39, 0.29) is 35.6 Å². The van der Waals surface area contributed by atoms with Crippen LogP contribution in [0.3, 0.4) is 0 Å². The minimum atomic E-state index is -0.297. The molecule has 3 rings (SSSR count). The maximum Gasteiger partial charge on any atom is 0.254 e. The summed E-state index contributed by atoms with van der Waals surface area (Å²) in [5, 5.41) is 3.38. The van der Waals surface area contributed by atoms with E-state index in [1.54, 1.807) is 25.1 Å². The fourth-order valence-electron chi connectivity index (χ4n) is 3.07. The smallest absolute Gasteiger partial charge is 0.254 e. The lowest BCUT2D eigenvalue weighted by Crippen LogP contribution is -2.27. The molecule has 0 bridgehead atoms. The highest BCUT2D eigenvalue weighted by atomic mass is 35.5. The highest BCUT2D eigenvalue weighted by Gasteiger charge is 2.30. The van der Waals surface area contributed by atoms with Crippen molar-refractivity contribution in [3.8, 4) is 11.3 Å². The zero-order valence-electron chi connectivity index (χ0n) is 16.3. The van der Waals surface area contributed by atoms with E-state index in [9.17, 15) is 14.4 Å². The summed E-state index contributed by atoms with van der Waals surface area (Å²) in [5.74, 6) is 0.685. The van der Waals surface area contributed by atoms with Gasteiger partial charge in [-0.25, -0.2) is 4.98 Å². The van der Waals surface area contributed by atoms with Gasteiger partial charge in [-0.1, -0.05) is 25.4 Å². The van der Waals surface area contributed by atoms with Crippen LogP contribution in [0.4, 0.5) is 5.69 Å². The number of amides is 1. The summed E-state index contributed by atoms with van der Waals surface area (Å²) in [6.07, 6.45) is 2.20. The molecule has 1 N–H and O–H groups in total. The van der Waals surface area contributed by atoms with Crippen molar-refractivity contribution in [2.24, 2.45) is 11.8 Å². The van der Waals surface area contributed by atoms with E-state index in [1.165, 1.54) is 10.6 Å². The first kappa shape index (κ1) is 20.3. The van der Waals surface area contributed by atoms with E-state index in [2.05, 4.69) is 10.3 Å².